The van der Waals surface area contributed by atoms with Gasteiger partial charge >= 0.3 is 0 Å². The number of hydrogen-bond donors (Lipinski definition) is 1. The van der Waals surface area contributed by atoms with Gasteiger partial charge in [-0.2, -0.15) is 0 Å². The summed E-state index contributed by atoms with van der Waals surface area (Å²) in [6.07, 6.45) is 3.50. The van der Waals surface area contributed by atoms with Crippen molar-refractivity contribution in [3.8, 4) is 11.5 Å². The average Bonchev–Trinajstić information content (AvgIpc) is 3.35. The Morgan fingerprint density at radius 3 is 2.88 bits per heavy atom. The molecule has 134 valence electrons. The van der Waals surface area contributed by atoms with Gasteiger partial charge in [-0.15, -0.1) is 0 Å². The summed E-state index contributed by atoms with van der Waals surface area (Å²) in [7, 11) is 3.29. The summed E-state index contributed by atoms with van der Waals surface area (Å²) < 4.78 is 10.9. The average molecular weight is 351 g/mol. The molecule has 26 heavy (non-hydrogen) atoms. The highest BCUT2D eigenvalue weighted by atomic mass is 16.5. The van der Waals surface area contributed by atoms with Crippen LogP contribution in [0, 0.1) is 0 Å². The molecule has 4 rings (SSSR count). The van der Waals surface area contributed by atoms with Crippen molar-refractivity contribution in [2.75, 3.05) is 20.8 Å². The fraction of sp³-hybridized carbons (Fsp3) is 0.300. The second-order valence-electron chi connectivity index (χ2n) is 6.40. The Balaban J connectivity index is 1.69. The molecule has 1 aliphatic heterocycles. The van der Waals surface area contributed by atoms with Crippen molar-refractivity contribution >= 4 is 16.9 Å². The third kappa shape index (κ3) is 2.77. The summed E-state index contributed by atoms with van der Waals surface area (Å²) in [6.45, 7) is 0.727. The summed E-state index contributed by atoms with van der Waals surface area (Å²) in [6, 6.07) is 11.3. The van der Waals surface area contributed by atoms with Gasteiger partial charge in [0.05, 0.1) is 37.6 Å². The number of carbonyl (C=O) groups excluding carboxylic acids is 1. The molecule has 0 aliphatic carbocycles. The zero-order chi connectivity index (χ0) is 18.1. The van der Waals surface area contributed by atoms with Crippen molar-refractivity contribution in [1.29, 1.82) is 0 Å². The van der Waals surface area contributed by atoms with Gasteiger partial charge in [0.25, 0.3) is 5.91 Å². The number of imidazole rings is 1. The Kier molecular flexibility index (Phi) is 4.24. The van der Waals surface area contributed by atoms with Crippen LogP contribution in [-0.2, 0) is 0 Å². The number of nitrogens with zero attached hydrogens (tertiary/aromatic N) is 2. The smallest absolute Gasteiger partial charge is 0.254 e. The molecule has 0 radical (unpaired) electrons. The first kappa shape index (κ1) is 16.4. The van der Waals surface area contributed by atoms with Crippen LogP contribution in [0.3, 0.4) is 0 Å². The van der Waals surface area contributed by atoms with E-state index in [2.05, 4.69) is 9.97 Å². The van der Waals surface area contributed by atoms with Crippen LogP contribution in [-0.4, -0.2) is 41.5 Å². The fourth-order valence-corrected chi connectivity index (χ4v) is 3.67. The van der Waals surface area contributed by atoms with Crippen LogP contribution in [0.4, 0.5) is 0 Å². The number of nitrogens with one attached hydrogen (secondary N) is 1. The molecule has 0 spiro atoms. The third-order valence-corrected chi connectivity index (χ3v) is 4.98. The molecule has 1 amide bonds. The van der Waals surface area contributed by atoms with E-state index in [0.717, 1.165) is 47.5 Å². The number of hydrogen-bond acceptors (Lipinski definition) is 4. The molecule has 0 saturated carbocycles. The zero-order valence-electron chi connectivity index (χ0n) is 14.9. The first-order valence-corrected chi connectivity index (χ1v) is 8.67. The predicted molar refractivity (Wildman–Crippen MR) is 98.7 cm³/mol. The monoisotopic (exact) mass is 351 g/mol. The number of fused-ring (bicyclic) bond motifs is 1. The van der Waals surface area contributed by atoms with Crippen LogP contribution in [0.1, 0.15) is 34.8 Å². The number of aromatic nitrogens is 2. The van der Waals surface area contributed by atoms with Crippen LogP contribution in [0.25, 0.3) is 11.0 Å². The van der Waals surface area contributed by atoms with Crippen LogP contribution >= 0.6 is 0 Å². The number of rotatable bonds is 4. The largest absolute Gasteiger partial charge is 0.497 e. The van der Waals surface area contributed by atoms with E-state index in [1.165, 1.54) is 0 Å². The normalized spacial score (nSPS) is 16.8. The molecule has 1 fully saturated rings. The highest BCUT2D eigenvalue weighted by Gasteiger charge is 2.32. The van der Waals surface area contributed by atoms with E-state index in [1.54, 1.807) is 20.5 Å². The summed E-state index contributed by atoms with van der Waals surface area (Å²) >= 11 is 0. The van der Waals surface area contributed by atoms with E-state index in [0.29, 0.717) is 5.56 Å². The molecule has 1 aromatic heterocycles. The number of benzene rings is 2. The van der Waals surface area contributed by atoms with Gasteiger partial charge in [-0.25, -0.2) is 4.98 Å². The summed E-state index contributed by atoms with van der Waals surface area (Å²) in [4.78, 5) is 22.4. The van der Waals surface area contributed by atoms with Crippen molar-refractivity contribution in [3.63, 3.8) is 0 Å². The lowest BCUT2D eigenvalue weighted by Crippen LogP contribution is -2.30. The van der Waals surface area contributed by atoms with Gasteiger partial charge in [0.1, 0.15) is 11.5 Å². The highest BCUT2D eigenvalue weighted by molar-refractivity contribution is 5.97. The Morgan fingerprint density at radius 2 is 2.08 bits per heavy atom. The van der Waals surface area contributed by atoms with Gasteiger partial charge < -0.3 is 19.4 Å². The minimum Gasteiger partial charge on any atom is -0.497 e. The Labute approximate surface area is 151 Å². The van der Waals surface area contributed by atoms with Crippen molar-refractivity contribution in [2.45, 2.75) is 18.9 Å². The molecule has 0 bridgehead atoms. The van der Waals surface area contributed by atoms with Crippen molar-refractivity contribution in [1.82, 2.24) is 14.9 Å². The van der Waals surface area contributed by atoms with Crippen LogP contribution in [0.5, 0.6) is 11.5 Å². The molecule has 3 aromatic rings. The predicted octanol–water partition coefficient (Wildman–Crippen LogP) is 3.56. The maximum Gasteiger partial charge on any atom is 0.254 e. The molecule has 1 aliphatic rings. The molecule has 6 heteroatoms. The Hall–Kier alpha value is -3.02. The Morgan fingerprint density at radius 1 is 1.19 bits per heavy atom. The van der Waals surface area contributed by atoms with Crippen LogP contribution < -0.4 is 9.47 Å². The minimum absolute atomic E-state index is 0.0221. The summed E-state index contributed by atoms with van der Waals surface area (Å²) in [5.74, 6) is 1.56. The first-order valence-electron chi connectivity index (χ1n) is 8.67. The number of likely N-dealkylation sites (tertiary alicyclic amines) is 1. The Bertz CT molecular complexity index is 950. The molecule has 6 nitrogen and oxygen atoms in total. The van der Waals surface area contributed by atoms with E-state index in [4.69, 9.17) is 9.47 Å². The molecular weight excluding hydrogens is 330 g/mol. The van der Waals surface area contributed by atoms with E-state index in [9.17, 15) is 4.79 Å². The maximum atomic E-state index is 13.2. The van der Waals surface area contributed by atoms with Gasteiger partial charge in [-0.1, -0.05) is 0 Å². The van der Waals surface area contributed by atoms with Gasteiger partial charge in [-0.3, -0.25) is 4.79 Å². The number of aromatic amines is 1. The number of amides is 1. The van der Waals surface area contributed by atoms with E-state index in [-0.39, 0.29) is 11.9 Å². The highest BCUT2D eigenvalue weighted by Crippen LogP contribution is 2.39. The minimum atomic E-state index is -0.0231. The van der Waals surface area contributed by atoms with Crippen molar-refractivity contribution < 1.29 is 14.3 Å². The van der Waals surface area contributed by atoms with E-state index >= 15 is 0 Å². The maximum absolute atomic E-state index is 13.2. The number of ether oxygens (including phenoxy) is 2. The molecule has 2 heterocycles. The number of carbonyl (C=O) groups is 1. The van der Waals surface area contributed by atoms with E-state index in [1.807, 2.05) is 41.3 Å². The molecule has 1 saturated heterocycles. The van der Waals surface area contributed by atoms with Crippen LogP contribution in [0.2, 0.25) is 0 Å². The standard InChI is InChI=1S/C20H21N3O3/c1-25-14-6-8-19(26-2)15(11-14)18-4-3-9-23(18)20(24)13-5-7-16-17(10-13)22-12-21-16/h5-8,10-12,18H,3-4,9H2,1-2H3,(H,21,22)/t18-/m1/s1. The molecule has 2 aromatic carbocycles. The van der Waals surface area contributed by atoms with E-state index < -0.39 is 0 Å². The first-order chi connectivity index (χ1) is 12.7. The van der Waals surface area contributed by atoms with Gasteiger partial charge in [-0.05, 0) is 49.2 Å². The lowest BCUT2D eigenvalue weighted by molar-refractivity contribution is 0.0734. The zero-order valence-corrected chi connectivity index (χ0v) is 14.9. The second-order valence-corrected chi connectivity index (χ2v) is 6.40. The van der Waals surface area contributed by atoms with Gasteiger partial charge in [0.2, 0.25) is 0 Å². The summed E-state index contributed by atoms with van der Waals surface area (Å²) in [5.41, 5.74) is 3.37. The van der Waals surface area contributed by atoms with Crippen molar-refractivity contribution in [3.05, 3.63) is 53.9 Å². The van der Waals surface area contributed by atoms with Crippen molar-refractivity contribution in [2.24, 2.45) is 0 Å². The van der Waals surface area contributed by atoms with Gasteiger partial charge in [0, 0.05) is 17.7 Å². The van der Waals surface area contributed by atoms with Crippen LogP contribution in [0.15, 0.2) is 42.7 Å². The molecule has 0 unspecified atom stereocenters. The summed E-state index contributed by atoms with van der Waals surface area (Å²) in [5, 5.41) is 0. The fourth-order valence-electron chi connectivity index (χ4n) is 3.67. The molecule has 1 atom stereocenters. The lowest BCUT2D eigenvalue weighted by Gasteiger charge is -2.27. The molecular formula is C20H21N3O3. The number of methoxy groups -OCH3 is 2. The number of H-pyrrole nitrogens is 1. The topological polar surface area (TPSA) is 67.5 Å². The third-order valence-electron chi connectivity index (χ3n) is 4.98. The SMILES string of the molecule is COc1ccc(OC)c([C@H]2CCCN2C(=O)c2ccc3nc[nH]c3c2)c1. The lowest BCUT2D eigenvalue weighted by atomic mass is 10.0. The molecule has 1 N–H and O–H groups in total. The quantitative estimate of drug-likeness (QED) is 0.780. The van der Waals surface area contributed by atoms with Gasteiger partial charge in [0.15, 0.2) is 0 Å². The second kappa shape index (κ2) is 6.71.